The zero-order valence-electron chi connectivity index (χ0n) is 16.4. The van der Waals surface area contributed by atoms with Gasteiger partial charge in [0.1, 0.15) is 11.5 Å². The third kappa shape index (κ3) is 3.51. The molecule has 4 nitrogen and oxygen atoms in total. The minimum Gasteiger partial charge on any atom is -0.494 e. The molecular formula is C24H20Cl2N2O2. The van der Waals surface area contributed by atoms with E-state index in [1.54, 1.807) is 0 Å². The number of hydrogen-bond donors (Lipinski definition) is 0. The predicted molar refractivity (Wildman–Crippen MR) is 120 cm³/mol. The molecule has 2 heterocycles. The first kappa shape index (κ1) is 19.3. The molecule has 0 unspecified atom stereocenters. The zero-order valence-corrected chi connectivity index (χ0v) is 17.9. The molecule has 0 radical (unpaired) electrons. The number of nitrogens with zero attached hydrogens (tertiary/aromatic N) is 2. The van der Waals surface area contributed by atoms with Crippen LogP contribution in [0.3, 0.4) is 0 Å². The summed E-state index contributed by atoms with van der Waals surface area (Å²) in [7, 11) is 0. The first-order valence-corrected chi connectivity index (χ1v) is 10.7. The number of hydrogen-bond acceptors (Lipinski definition) is 4. The standard InChI is InChI=1S/C24H20Cl2N2O2/c1-2-29-19-9-6-15(7-10-19)21-14-22-20-13-18(26)8-11-23(20)30-24(28(22)27-21)16-4-3-5-17(25)12-16/h3-13,22,24H,2,14H2,1H3/t22-,24+/m1/s1. The lowest BCUT2D eigenvalue weighted by Gasteiger charge is -2.38. The third-order valence-corrected chi connectivity index (χ3v) is 5.85. The maximum absolute atomic E-state index is 6.36. The highest BCUT2D eigenvalue weighted by molar-refractivity contribution is 6.31. The molecule has 0 aliphatic carbocycles. The van der Waals surface area contributed by atoms with Crippen molar-refractivity contribution in [3.8, 4) is 11.5 Å². The quantitative estimate of drug-likeness (QED) is 0.457. The van der Waals surface area contributed by atoms with E-state index < -0.39 is 0 Å². The van der Waals surface area contributed by atoms with Crippen molar-refractivity contribution >= 4 is 28.9 Å². The average Bonchev–Trinajstić information content (AvgIpc) is 3.20. The second-order valence-electron chi connectivity index (χ2n) is 7.31. The Hall–Kier alpha value is -2.69. The van der Waals surface area contributed by atoms with Gasteiger partial charge in [0, 0.05) is 27.6 Å². The molecule has 0 amide bonds. The number of fused-ring (bicyclic) bond motifs is 3. The molecular weight excluding hydrogens is 419 g/mol. The van der Waals surface area contributed by atoms with E-state index in [0.717, 1.165) is 40.3 Å². The molecule has 0 fully saturated rings. The largest absolute Gasteiger partial charge is 0.494 e. The lowest BCUT2D eigenvalue weighted by atomic mass is 9.96. The van der Waals surface area contributed by atoms with Gasteiger partial charge in [0.15, 0.2) is 0 Å². The van der Waals surface area contributed by atoms with E-state index in [0.29, 0.717) is 16.7 Å². The van der Waals surface area contributed by atoms with Crippen molar-refractivity contribution in [2.75, 3.05) is 6.61 Å². The van der Waals surface area contributed by atoms with Crippen LogP contribution in [-0.2, 0) is 0 Å². The average molecular weight is 439 g/mol. The van der Waals surface area contributed by atoms with Crippen LogP contribution in [0.4, 0.5) is 0 Å². The van der Waals surface area contributed by atoms with E-state index in [-0.39, 0.29) is 12.3 Å². The fraction of sp³-hybridized carbons (Fsp3) is 0.208. The van der Waals surface area contributed by atoms with Crippen molar-refractivity contribution in [2.45, 2.75) is 25.6 Å². The predicted octanol–water partition coefficient (Wildman–Crippen LogP) is 6.63. The Bertz CT molecular complexity index is 1110. The van der Waals surface area contributed by atoms with Gasteiger partial charge in [0.2, 0.25) is 6.23 Å². The summed E-state index contributed by atoms with van der Waals surface area (Å²) in [5.74, 6) is 1.68. The summed E-state index contributed by atoms with van der Waals surface area (Å²) >= 11 is 12.6. The number of ether oxygens (including phenoxy) is 2. The Kier molecular flexibility index (Phi) is 5.05. The molecule has 0 saturated heterocycles. The Labute approximate surface area is 185 Å². The highest BCUT2D eigenvalue weighted by Gasteiger charge is 2.41. The number of halogens is 2. The van der Waals surface area contributed by atoms with Crippen LogP contribution < -0.4 is 9.47 Å². The first-order chi connectivity index (χ1) is 14.6. The van der Waals surface area contributed by atoms with Crippen LogP contribution in [0.1, 0.15) is 42.3 Å². The second kappa shape index (κ2) is 7.86. The molecule has 0 spiro atoms. The molecule has 0 aromatic heterocycles. The Morgan fingerprint density at radius 1 is 1.03 bits per heavy atom. The van der Waals surface area contributed by atoms with Gasteiger partial charge >= 0.3 is 0 Å². The molecule has 5 rings (SSSR count). The van der Waals surface area contributed by atoms with Crippen LogP contribution in [0.5, 0.6) is 11.5 Å². The molecule has 2 aliphatic rings. The molecule has 2 aliphatic heterocycles. The lowest BCUT2D eigenvalue weighted by Crippen LogP contribution is -2.33. The summed E-state index contributed by atoms with van der Waals surface area (Å²) in [6, 6.07) is 21.6. The van der Waals surface area contributed by atoms with Crippen LogP contribution >= 0.6 is 23.2 Å². The van der Waals surface area contributed by atoms with Gasteiger partial charge in [-0.3, -0.25) is 0 Å². The van der Waals surface area contributed by atoms with Crippen LogP contribution in [0.15, 0.2) is 71.8 Å². The van der Waals surface area contributed by atoms with E-state index >= 15 is 0 Å². The van der Waals surface area contributed by atoms with Gasteiger partial charge in [-0.2, -0.15) is 5.10 Å². The Balaban J connectivity index is 1.55. The van der Waals surface area contributed by atoms with E-state index in [2.05, 4.69) is 12.1 Å². The summed E-state index contributed by atoms with van der Waals surface area (Å²) in [5, 5.41) is 8.35. The van der Waals surface area contributed by atoms with Crippen molar-refractivity contribution in [3.05, 3.63) is 93.5 Å². The van der Waals surface area contributed by atoms with E-state index in [4.69, 9.17) is 37.8 Å². The molecule has 0 bridgehead atoms. The Morgan fingerprint density at radius 3 is 2.60 bits per heavy atom. The summed E-state index contributed by atoms with van der Waals surface area (Å²) in [4.78, 5) is 0. The molecule has 2 atom stereocenters. The third-order valence-electron chi connectivity index (χ3n) is 5.38. The number of hydrazone groups is 1. The van der Waals surface area contributed by atoms with Gasteiger partial charge in [-0.05, 0) is 67.1 Å². The van der Waals surface area contributed by atoms with Gasteiger partial charge < -0.3 is 9.47 Å². The van der Waals surface area contributed by atoms with E-state index in [9.17, 15) is 0 Å². The first-order valence-electron chi connectivity index (χ1n) is 9.93. The van der Waals surface area contributed by atoms with Gasteiger partial charge in [-0.1, -0.05) is 35.3 Å². The summed E-state index contributed by atoms with van der Waals surface area (Å²) in [6.07, 6.45) is 0.407. The summed E-state index contributed by atoms with van der Waals surface area (Å²) < 4.78 is 11.9. The van der Waals surface area contributed by atoms with Gasteiger partial charge in [-0.25, -0.2) is 5.01 Å². The summed E-state index contributed by atoms with van der Waals surface area (Å²) in [5.41, 5.74) is 4.09. The fourth-order valence-corrected chi connectivity index (χ4v) is 4.40. The van der Waals surface area contributed by atoms with Crippen molar-refractivity contribution in [1.29, 1.82) is 0 Å². The highest BCUT2D eigenvalue weighted by Crippen LogP contribution is 2.48. The smallest absolute Gasteiger partial charge is 0.213 e. The van der Waals surface area contributed by atoms with Crippen LogP contribution in [0, 0.1) is 0 Å². The van der Waals surface area contributed by atoms with Gasteiger partial charge in [-0.15, -0.1) is 0 Å². The zero-order chi connectivity index (χ0) is 20.7. The van der Waals surface area contributed by atoms with Crippen molar-refractivity contribution in [2.24, 2.45) is 5.10 Å². The second-order valence-corrected chi connectivity index (χ2v) is 8.18. The minimum absolute atomic E-state index is 0.0398. The molecule has 3 aromatic rings. The van der Waals surface area contributed by atoms with E-state index in [1.807, 2.05) is 66.5 Å². The van der Waals surface area contributed by atoms with Gasteiger partial charge in [0.25, 0.3) is 0 Å². The molecule has 0 saturated carbocycles. The van der Waals surface area contributed by atoms with E-state index in [1.165, 1.54) is 0 Å². The SMILES string of the molecule is CCOc1ccc(C2=NN3[C@H](C2)c2cc(Cl)ccc2O[C@H]3c2cccc(Cl)c2)cc1. The van der Waals surface area contributed by atoms with Crippen LogP contribution in [-0.4, -0.2) is 17.3 Å². The summed E-state index contributed by atoms with van der Waals surface area (Å²) in [6.45, 7) is 2.62. The number of rotatable bonds is 4. The Morgan fingerprint density at radius 2 is 1.83 bits per heavy atom. The maximum Gasteiger partial charge on any atom is 0.213 e. The normalized spacial score (nSPS) is 19.6. The fourth-order valence-electron chi connectivity index (χ4n) is 4.02. The number of benzene rings is 3. The maximum atomic E-state index is 6.36. The van der Waals surface area contributed by atoms with Crippen molar-refractivity contribution < 1.29 is 9.47 Å². The lowest BCUT2D eigenvalue weighted by molar-refractivity contribution is -0.0190. The molecule has 3 aromatic carbocycles. The van der Waals surface area contributed by atoms with Crippen molar-refractivity contribution in [1.82, 2.24) is 5.01 Å². The van der Waals surface area contributed by atoms with Crippen molar-refractivity contribution in [3.63, 3.8) is 0 Å². The topological polar surface area (TPSA) is 34.1 Å². The molecule has 6 heteroatoms. The monoisotopic (exact) mass is 438 g/mol. The minimum atomic E-state index is -0.359. The highest BCUT2D eigenvalue weighted by atomic mass is 35.5. The molecule has 152 valence electrons. The van der Waals surface area contributed by atoms with Crippen LogP contribution in [0.25, 0.3) is 0 Å². The van der Waals surface area contributed by atoms with Gasteiger partial charge in [0.05, 0.1) is 18.4 Å². The molecule has 30 heavy (non-hydrogen) atoms. The molecule has 0 N–H and O–H groups in total. The van der Waals surface area contributed by atoms with Crippen LogP contribution in [0.2, 0.25) is 10.0 Å².